The van der Waals surface area contributed by atoms with Gasteiger partial charge in [-0.05, 0) is 94.6 Å². The first-order valence-corrected chi connectivity index (χ1v) is 12.2. The molecular formula is C29H32N2O5. The van der Waals surface area contributed by atoms with Gasteiger partial charge in [-0.3, -0.25) is 4.79 Å². The molecule has 0 aliphatic heterocycles. The maximum absolute atomic E-state index is 13.3. The Morgan fingerprint density at radius 3 is 2.17 bits per heavy atom. The number of amides is 1. The molecule has 1 aromatic heterocycles. The third-order valence-electron chi connectivity index (χ3n) is 5.99. The standard InChI is InChI=1S/C29H32N2O5/c1-7-33-25-15-20(16-26(34-8-2)27(25)35-9-3)28(32)30-22-12-10-11-21(19(22)6)29-31-23-13-17(4)18(5)14-24(23)36-29/h10-16H,7-9H2,1-6H3,(H,30,32). The number of oxazole rings is 1. The Hall–Kier alpha value is -4.00. The quantitative estimate of drug-likeness (QED) is 0.277. The minimum atomic E-state index is -0.288. The zero-order chi connectivity index (χ0) is 25.8. The molecule has 1 amide bonds. The molecule has 0 saturated carbocycles. The summed E-state index contributed by atoms with van der Waals surface area (Å²) in [6.45, 7) is 13.0. The molecule has 188 valence electrons. The van der Waals surface area contributed by atoms with E-state index in [-0.39, 0.29) is 5.91 Å². The number of hydrogen-bond acceptors (Lipinski definition) is 6. The van der Waals surface area contributed by atoms with Crippen LogP contribution in [-0.4, -0.2) is 30.7 Å². The number of benzene rings is 3. The summed E-state index contributed by atoms with van der Waals surface area (Å²) in [5.41, 5.74) is 6.60. The number of nitrogens with zero attached hydrogens (tertiary/aromatic N) is 1. The van der Waals surface area contributed by atoms with Crippen molar-refractivity contribution in [2.75, 3.05) is 25.1 Å². The van der Waals surface area contributed by atoms with E-state index in [1.54, 1.807) is 12.1 Å². The fourth-order valence-corrected chi connectivity index (χ4v) is 4.01. The van der Waals surface area contributed by atoms with Crippen LogP contribution in [0.3, 0.4) is 0 Å². The molecule has 0 radical (unpaired) electrons. The number of fused-ring (bicyclic) bond motifs is 1. The normalized spacial score (nSPS) is 10.9. The van der Waals surface area contributed by atoms with Crippen molar-refractivity contribution in [3.63, 3.8) is 0 Å². The highest BCUT2D eigenvalue weighted by atomic mass is 16.5. The van der Waals surface area contributed by atoms with Gasteiger partial charge in [0, 0.05) is 16.8 Å². The van der Waals surface area contributed by atoms with Crippen LogP contribution in [0.1, 0.15) is 47.8 Å². The van der Waals surface area contributed by atoms with E-state index >= 15 is 0 Å². The highest BCUT2D eigenvalue weighted by Gasteiger charge is 2.20. The predicted molar refractivity (Wildman–Crippen MR) is 142 cm³/mol. The molecular weight excluding hydrogens is 456 g/mol. The molecule has 0 spiro atoms. The fourth-order valence-electron chi connectivity index (χ4n) is 4.01. The molecule has 4 aromatic rings. The first-order chi connectivity index (χ1) is 17.4. The van der Waals surface area contributed by atoms with Gasteiger partial charge in [-0.15, -0.1) is 0 Å². The first-order valence-electron chi connectivity index (χ1n) is 12.2. The van der Waals surface area contributed by atoms with Gasteiger partial charge in [0.15, 0.2) is 17.1 Å². The highest BCUT2D eigenvalue weighted by Crippen LogP contribution is 2.39. The average molecular weight is 489 g/mol. The van der Waals surface area contributed by atoms with Crippen molar-refractivity contribution in [1.29, 1.82) is 0 Å². The van der Waals surface area contributed by atoms with Crippen LogP contribution in [-0.2, 0) is 0 Å². The van der Waals surface area contributed by atoms with E-state index in [4.69, 9.17) is 18.6 Å². The zero-order valence-electron chi connectivity index (χ0n) is 21.7. The summed E-state index contributed by atoms with van der Waals surface area (Å²) >= 11 is 0. The van der Waals surface area contributed by atoms with Gasteiger partial charge in [-0.25, -0.2) is 4.98 Å². The van der Waals surface area contributed by atoms with Gasteiger partial charge in [0.05, 0.1) is 19.8 Å². The number of carbonyl (C=O) groups excluding carboxylic acids is 1. The second kappa shape index (κ2) is 10.7. The molecule has 3 aromatic carbocycles. The van der Waals surface area contributed by atoms with Crippen LogP contribution in [0.2, 0.25) is 0 Å². The Kier molecular flexibility index (Phi) is 7.48. The topological polar surface area (TPSA) is 82.8 Å². The number of aromatic nitrogens is 1. The molecule has 0 bridgehead atoms. The van der Waals surface area contributed by atoms with Crippen molar-refractivity contribution in [2.45, 2.75) is 41.5 Å². The van der Waals surface area contributed by atoms with Crippen molar-refractivity contribution in [3.05, 3.63) is 64.7 Å². The molecule has 0 fully saturated rings. The Balaban J connectivity index is 1.67. The molecule has 7 heteroatoms. The van der Waals surface area contributed by atoms with E-state index in [1.165, 1.54) is 0 Å². The van der Waals surface area contributed by atoms with Crippen LogP contribution >= 0.6 is 0 Å². The smallest absolute Gasteiger partial charge is 0.255 e. The van der Waals surface area contributed by atoms with Crippen molar-refractivity contribution in [1.82, 2.24) is 4.98 Å². The number of aryl methyl sites for hydroxylation is 2. The summed E-state index contributed by atoms with van der Waals surface area (Å²) in [4.78, 5) is 18.0. The lowest BCUT2D eigenvalue weighted by atomic mass is 10.1. The minimum absolute atomic E-state index is 0.288. The summed E-state index contributed by atoms with van der Waals surface area (Å²) in [6.07, 6.45) is 0. The lowest BCUT2D eigenvalue weighted by Gasteiger charge is -2.17. The van der Waals surface area contributed by atoms with E-state index in [0.29, 0.717) is 54.2 Å². The van der Waals surface area contributed by atoms with E-state index < -0.39 is 0 Å². The van der Waals surface area contributed by atoms with Gasteiger partial charge in [0.25, 0.3) is 5.91 Å². The lowest BCUT2D eigenvalue weighted by molar-refractivity contribution is 0.102. The second-order valence-corrected chi connectivity index (χ2v) is 8.46. The minimum Gasteiger partial charge on any atom is -0.490 e. The molecule has 7 nitrogen and oxygen atoms in total. The summed E-state index contributed by atoms with van der Waals surface area (Å²) in [5, 5.41) is 3.02. The third kappa shape index (κ3) is 5.00. The van der Waals surface area contributed by atoms with Crippen LogP contribution in [0.15, 0.2) is 46.9 Å². The maximum Gasteiger partial charge on any atom is 0.255 e. The van der Waals surface area contributed by atoms with Crippen molar-refractivity contribution in [3.8, 4) is 28.7 Å². The number of anilines is 1. The van der Waals surface area contributed by atoms with Crippen LogP contribution in [0.25, 0.3) is 22.6 Å². The largest absolute Gasteiger partial charge is 0.490 e. The number of hydrogen-bond donors (Lipinski definition) is 1. The molecule has 0 unspecified atom stereocenters. The zero-order valence-corrected chi connectivity index (χ0v) is 21.7. The Morgan fingerprint density at radius 1 is 0.889 bits per heavy atom. The van der Waals surface area contributed by atoms with Gasteiger partial charge in [-0.2, -0.15) is 0 Å². The van der Waals surface area contributed by atoms with E-state index in [2.05, 4.69) is 17.2 Å². The Bertz CT molecular complexity index is 1340. The molecule has 1 N–H and O–H groups in total. The summed E-state index contributed by atoms with van der Waals surface area (Å²) < 4.78 is 23.3. The van der Waals surface area contributed by atoms with Crippen molar-refractivity contribution >= 4 is 22.7 Å². The SMILES string of the molecule is CCOc1cc(C(=O)Nc2cccc(-c3nc4cc(C)c(C)cc4o3)c2C)cc(OCC)c1OCC. The van der Waals surface area contributed by atoms with Gasteiger partial charge in [0.2, 0.25) is 11.6 Å². The first kappa shape index (κ1) is 25.1. The van der Waals surface area contributed by atoms with E-state index in [9.17, 15) is 4.79 Å². The molecule has 1 heterocycles. The summed E-state index contributed by atoms with van der Waals surface area (Å²) in [6, 6.07) is 13.0. The van der Waals surface area contributed by atoms with Crippen molar-refractivity contribution < 1.29 is 23.4 Å². The van der Waals surface area contributed by atoms with Crippen LogP contribution in [0.5, 0.6) is 17.2 Å². The van der Waals surface area contributed by atoms with Gasteiger partial charge < -0.3 is 23.9 Å². The molecule has 0 aliphatic rings. The second-order valence-electron chi connectivity index (χ2n) is 8.46. The number of ether oxygens (including phenoxy) is 3. The Morgan fingerprint density at radius 2 is 1.53 bits per heavy atom. The van der Waals surface area contributed by atoms with Gasteiger partial charge in [-0.1, -0.05) is 6.07 Å². The lowest BCUT2D eigenvalue weighted by Crippen LogP contribution is -2.14. The fraction of sp³-hybridized carbons (Fsp3) is 0.310. The monoisotopic (exact) mass is 488 g/mol. The molecule has 36 heavy (non-hydrogen) atoms. The van der Waals surface area contributed by atoms with Gasteiger partial charge >= 0.3 is 0 Å². The number of nitrogens with one attached hydrogen (secondary N) is 1. The van der Waals surface area contributed by atoms with Crippen LogP contribution < -0.4 is 19.5 Å². The van der Waals surface area contributed by atoms with Crippen molar-refractivity contribution in [2.24, 2.45) is 0 Å². The predicted octanol–water partition coefficient (Wildman–Crippen LogP) is 6.87. The molecule has 4 rings (SSSR count). The summed E-state index contributed by atoms with van der Waals surface area (Å²) in [7, 11) is 0. The Labute approximate surface area is 211 Å². The highest BCUT2D eigenvalue weighted by molar-refractivity contribution is 6.06. The average Bonchev–Trinajstić information content (AvgIpc) is 3.25. The van der Waals surface area contributed by atoms with E-state index in [0.717, 1.165) is 33.4 Å². The number of rotatable bonds is 9. The summed E-state index contributed by atoms with van der Waals surface area (Å²) in [5.74, 6) is 1.67. The van der Waals surface area contributed by atoms with Crippen LogP contribution in [0.4, 0.5) is 5.69 Å². The van der Waals surface area contributed by atoms with Gasteiger partial charge in [0.1, 0.15) is 5.52 Å². The molecule has 0 atom stereocenters. The van der Waals surface area contributed by atoms with E-state index in [1.807, 2.05) is 65.0 Å². The van der Waals surface area contributed by atoms with Crippen LogP contribution in [0, 0.1) is 20.8 Å². The third-order valence-corrected chi connectivity index (χ3v) is 5.99. The molecule has 0 saturated heterocycles. The maximum atomic E-state index is 13.3. The molecule has 0 aliphatic carbocycles. The number of carbonyl (C=O) groups is 1.